The fourth-order valence-electron chi connectivity index (χ4n) is 7.69. The fraction of sp³-hybridized carbons (Fsp3) is 1.00. The maximum Gasteiger partial charge on any atom is 0.500 e. The van der Waals surface area contributed by atoms with Gasteiger partial charge in [-0.1, -0.05) is 116 Å². The monoisotopic (exact) mass is 873 g/mol. The highest BCUT2D eigenvalue weighted by Gasteiger charge is 2.42. The molecule has 0 amide bonds. The molecule has 0 radical (unpaired) electrons. The molecule has 0 unspecified atom stereocenters. The van der Waals surface area contributed by atoms with Crippen LogP contribution in [0.2, 0.25) is 63.0 Å². The second-order valence-corrected chi connectivity index (χ2v) is 35.5. The Balaban J connectivity index is 4.87. The van der Waals surface area contributed by atoms with Crippen molar-refractivity contribution in [1.29, 1.82) is 0 Å². The van der Waals surface area contributed by atoms with Crippen LogP contribution < -0.4 is 0 Å². The maximum atomic E-state index is 7.32. The van der Waals surface area contributed by atoms with E-state index in [2.05, 4.69) is 32.7 Å². The zero-order chi connectivity index (χ0) is 41.4. The highest BCUT2D eigenvalue weighted by Crippen LogP contribution is 2.32. The van der Waals surface area contributed by atoms with Crippen LogP contribution in [0, 0.1) is 0 Å². The fourth-order valence-corrected chi connectivity index (χ4v) is 25.9. The van der Waals surface area contributed by atoms with Crippen LogP contribution in [-0.2, 0) is 44.6 Å². The smallest absolute Gasteiger partial charge is 0.436 e. The molecule has 0 saturated carbocycles. The summed E-state index contributed by atoms with van der Waals surface area (Å²) in [7, 11) is -0.709. The van der Waals surface area contributed by atoms with E-state index in [0.717, 1.165) is 37.4 Å². The van der Waals surface area contributed by atoms with Crippen molar-refractivity contribution < 1.29 is 44.6 Å². The Labute approximate surface area is 346 Å². The van der Waals surface area contributed by atoms with Gasteiger partial charge >= 0.3 is 26.2 Å². The lowest BCUT2D eigenvalue weighted by Crippen LogP contribution is -2.54. The normalized spacial score (nSPS) is 13.3. The van der Waals surface area contributed by atoms with E-state index in [9.17, 15) is 0 Å². The van der Waals surface area contributed by atoms with Crippen molar-refractivity contribution >= 4 is 42.8 Å². The highest BCUT2D eigenvalue weighted by atomic mass is 28.5. The summed E-state index contributed by atoms with van der Waals surface area (Å²) in [6.07, 6.45) is 26.1. The number of hydrogen-bond acceptors (Lipinski definition) is 10. The van der Waals surface area contributed by atoms with E-state index < -0.39 is 42.8 Å². The van der Waals surface area contributed by atoms with E-state index in [1.165, 1.54) is 128 Å². The Morgan fingerprint density at radius 3 is 0.891 bits per heavy atom. The second kappa shape index (κ2) is 33.4. The zero-order valence-corrected chi connectivity index (χ0v) is 43.4. The van der Waals surface area contributed by atoms with E-state index >= 15 is 0 Å². The third-order valence-electron chi connectivity index (χ3n) is 10.9. The molecule has 0 aliphatic heterocycles. The van der Waals surface area contributed by atoms with Crippen molar-refractivity contribution in [3.63, 3.8) is 0 Å². The SMILES string of the molecule is CCOOCCCCCCCCCCC[Si](C)(O[Si](C)(C)CCCCCCCC[Si](OC)(OC)OC)O[Si](C)(C)CCCCCCCC[Si](OC)(OC)OC. The lowest BCUT2D eigenvalue weighted by atomic mass is 10.1. The molecule has 0 N–H and O–H groups in total. The van der Waals surface area contributed by atoms with Crippen molar-refractivity contribution in [2.45, 2.75) is 205 Å². The number of hydrogen-bond donors (Lipinski definition) is 0. The van der Waals surface area contributed by atoms with Gasteiger partial charge in [0.05, 0.1) is 13.2 Å². The summed E-state index contributed by atoms with van der Waals surface area (Å²) in [6.45, 7) is 15.5. The summed E-state index contributed by atoms with van der Waals surface area (Å²) in [5.41, 5.74) is 0. The molecule has 10 nitrogen and oxygen atoms in total. The summed E-state index contributed by atoms with van der Waals surface area (Å²) < 4.78 is 48.1. The van der Waals surface area contributed by atoms with Gasteiger partial charge in [0.2, 0.25) is 0 Å². The average Bonchev–Trinajstić information content (AvgIpc) is 3.15. The predicted molar refractivity (Wildman–Crippen MR) is 241 cm³/mol. The van der Waals surface area contributed by atoms with Gasteiger partial charge in [-0.25, -0.2) is 9.78 Å². The lowest BCUT2D eigenvalue weighted by Gasteiger charge is -2.41. The minimum absolute atomic E-state index is 0.620. The van der Waals surface area contributed by atoms with Gasteiger partial charge in [0.1, 0.15) is 0 Å². The van der Waals surface area contributed by atoms with Gasteiger partial charge in [-0.15, -0.1) is 0 Å². The average molecular weight is 874 g/mol. The molecule has 0 aliphatic carbocycles. The Bertz CT molecular complexity index is 800. The summed E-state index contributed by atoms with van der Waals surface area (Å²) in [4.78, 5) is 10.1. The van der Waals surface area contributed by atoms with Crippen molar-refractivity contribution in [1.82, 2.24) is 0 Å². The third kappa shape index (κ3) is 28.7. The van der Waals surface area contributed by atoms with Gasteiger partial charge in [-0.05, 0) is 77.1 Å². The molecule has 0 heterocycles. The quantitative estimate of drug-likeness (QED) is 0.0255. The zero-order valence-electron chi connectivity index (χ0n) is 38.4. The van der Waals surface area contributed by atoms with E-state index in [1.807, 2.05) is 6.92 Å². The van der Waals surface area contributed by atoms with Gasteiger partial charge in [-0.3, -0.25) is 0 Å². The molecule has 0 aromatic carbocycles. The molecular formula is C40H92O10Si5. The summed E-state index contributed by atoms with van der Waals surface area (Å²) in [5, 5.41) is 0. The first kappa shape index (κ1) is 55.7. The standard InChI is InChI=1S/C40H92O10Si5/c1-13-47-48-35-29-23-17-15-14-16-18-26-32-38-53(12,49-51(8,9)36-30-24-19-21-27-33-39-54(41-2,42-3)43-4)50-52(10,11)37-31-25-20-22-28-34-40-55(44-5,45-6)46-7/h13-40H2,1-12H3. The van der Waals surface area contributed by atoms with E-state index in [-0.39, 0.29) is 0 Å². The van der Waals surface area contributed by atoms with Crippen LogP contribution in [-0.4, -0.2) is 98.7 Å². The molecular weight excluding hydrogens is 781 g/mol. The molecule has 0 aromatic rings. The van der Waals surface area contributed by atoms with Crippen molar-refractivity contribution in [3.8, 4) is 0 Å². The van der Waals surface area contributed by atoms with Gasteiger partial charge in [-0.2, -0.15) is 0 Å². The molecule has 0 spiro atoms. The molecule has 0 rings (SSSR count). The summed E-state index contributed by atoms with van der Waals surface area (Å²) in [6, 6.07) is 5.34. The van der Waals surface area contributed by atoms with E-state index in [1.54, 1.807) is 42.7 Å². The topological polar surface area (TPSA) is 92.3 Å². The molecule has 0 saturated heterocycles. The lowest BCUT2D eigenvalue weighted by molar-refractivity contribution is -0.291. The Kier molecular flexibility index (Phi) is 33.8. The Hall–Kier alpha value is 0.684. The van der Waals surface area contributed by atoms with Crippen LogP contribution in [0.25, 0.3) is 0 Å². The second-order valence-electron chi connectivity index (χ2n) is 16.9. The minimum Gasteiger partial charge on any atom is -0.436 e. The van der Waals surface area contributed by atoms with Crippen LogP contribution >= 0.6 is 0 Å². The van der Waals surface area contributed by atoms with Crippen LogP contribution in [0.1, 0.15) is 142 Å². The van der Waals surface area contributed by atoms with Gasteiger partial charge in [0.15, 0.2) is 16.6 Å². The molecule has 15 heteroatoms. The molecule has 0 bridgehead atoms. The largest absolute Gasteiger partial charge is 0.500 e. The first-order valence-electron chi connectivity index (χ1n) is 22.2. The molecule has 332 valence electrons. The van der Waals surface area contributed by atoms with Crippen LogP contribution in [0.5, 0.6) is 0 Å². The molecule has 0 atom stereocenters. The molecule has 55 heavy (non-hydrogen) atoms. The van der Waals surface area contributed by atoms with Crippen LogP contribution in [0.4, 0.5) is 0 Å². The van der Waals surface area contributed by atoms with Gasteiger partial charge in [0.25, 0.3) is 0 Å². The Morgan fingerprint density at radius 1 is 0.309 bits per heavy atom. The summed E-state index contributed by atoms with van der Waals surface area (Å²) >= 11 is 0. The maximum absolute atomic E-state index is 7.32. The van der Waals surface area contributed by atoms with E-state index in [4.69, 9.17) is 44.6 Å². The van der Waals surface area contributed by atoms with E-state index in [0.29, 0.717) is 13.2 Å². The molecule has 0 aromatic heterocycles. The molecule has 0 fully saturated rings. The third-order valence-corrected chi connectivity index (χ3v) is 28.8. The van der Waals surface area contributed by atoms with Crippen molar-refractivity contribution in [2.24, 2.45) is 0 Å². The Morgan fingerprint density at radius 2 is 0.582 bits per heavy atom. The number of unbranched alkanes of at least 4 members (excludes halogenated alkanes) is 18. The van der Waals surface area contributed by atoms with Gasteiger partial charge < -0.3 is 34.8 Å². The number of rotatable bonds is 42. The molecule has 0 aliphatic rings. The first-order chi connectivity index (χ1) is 26.3. The predicted octanol–water partition coefficient (Wildman–Crippen LogP) is 12.4. The van der Waals surface area contributed by atoms with Crippen molar-refractivity contribution in [2.75, 3.05) is 55.9 Å². The highest BCUT2D eigenvalue weighted by molar-refractivity contribution is 6.88. The minimum atomic E-state index is -2.44. The van der Waals surface area contributed by atoms with Gasteiger partial charge in [0, 0.05) is 54.7 Å². The van der Waals surface area contributed by atoms with Crippen LogP contribution in [0.3, 0.4) is 0 Å². The first-order valence-corrected chi connectivity index (χ1v) is 34.8. The van der Waals surface area contributed by atoms with Crippen molar-refractivity contribution in [3.05, 3.63) is 0 Å². The van der Waals surface area contributed by atoms with Crippen LogP contribution in [0.15, 0.2) is 0 Å². The summed E-state index contributed by atoms with van der Waals surface area (Å²) in [5.74, 6) is 0.